The molecule has 0 aromatic heterocycles. The molecule has 0 radical (unpaired) electrons. The van der Waals surface area contributed by atoms with Crippen molar-refractivity contribution in [1.29, 1.82) is 0 Å². The van der Waals surface area contributed by atoms with E-state index in [-0.39, 0.29) is 18.9 Å². The van der Waals surface area contributed by atoms with Crippen LogP contribution < -0.4 is 11.5 Å². The Balaban J connectivity index is 2.71. The average molecular weight is 263 g/mol. The summed E-state index contributed by atoms with van der Waals surface area (Å²) in [4.78, 5) is 14.3. The molecule has 0 aromatic rings. The number of carbonyl (C=O) groups is 1. The molecule has 0 amide bonds. The lowest BCUT2D eigenvalue weighted by Gasteiger charge is -2.37. The van der Waals surface area contributed by atoms with Crippen LogP contribution in [0.3, 0.4) is 0 Å². The Kier molecular flexibility index (Phi) is 4.84. The van der Waals surface area contributed by atoms with Crippen LogP contribution in [-0.4, -0.2) is 69.4 Å². The predicted octanol–water partition coefficient (Wildman–Crippen LogP) is -3.42. The number of carboxylic acids is 1. The molecule has 0 bridgehead atoms. The van der Waals surface area contributed by atoms with Crippen molar-refractivity contribution in [2.75, 3.05) is 6.54 Å². The van der Waals surface area contributed by atoms with Crippen molar-refractivity contribution in [1.82, 2.24) is 0 Å². The smallest absolute Gasteiger partial charge is 0.332 e. The molecular formula is C9H17N3O6. The van der Waals surface area contributed by atoms with E-state index in [0.29, 0.717) is 0 Å². The Morgan fingerprint density at radius 1 is 1.44 bits per heavy atom. The number of aliphatic hydroxyl groups is 3. The number of hydrogen-bond acceptors (Lipinski definition) is 6. The third-order valence-electron chi connectivity index (χ3n) is 2.62. The summed E-state index contributed by atoms with van der Waals surface area (Å²) in [6.45, 7) is -0.261. The third-order valence-corrected chi connectivity index (χ3v) is 2.62. The zero-order valence-corrected chi connectivity index (χ0v) is 9.51. The van der Waals surface area contributed by atoms with Crippen LogP contribution in [0.1, 0.15) is 6.42 Å². The number of carboxylic acid groups (broad SMARTS) is 1. The van der Waals surface area contributed by atoms with Crippen molar-refractivity contribution in [2.45, 2.75) is 36.9 Å². The van der Waals surface area contributed by atoms with Gasteiger partial charge in [0.1, 0.15) is 18.3 Å². The standard InChI is InChI=1S/C9H17N3O6/c10-9(11)12-2-4(14)7-6(15)3(13)1-5(18-7)8(16)17/h3-7,13-15H,1-2H2,(H,16,17)(H4,10,11,12)/t3-,4-,5+,6-,7-/m1/s1. The summed E-state index contributed by atoms with van der Waals surface area (Å²) in [5.41, 5.74) is 10.2. The number of guanidine groups is 1. The Labute approximate surface area is 103 Å². The van der Waals surface area contributed by atoms with Gasteiger partial charge in [-0.1, -0.05) is 0 Å². The van der Waals surface area contributed by atoms with Gasteiger partial charge in [0.05, 0.1) is 12.6 Å². The Morgan fingerprint density at radius 2 is 2.06 bits per heavy atom. The van der Waals surface area contributed by atoms with Gasteiger partial charge in [-0.3, -0.25) is 4.99 Å². The maximum Gasteiger partial charge on any atom is 0.332 e. The van der Waals surface area contributed by atoms with Gasteiger partial charge in [0.2, 0.25) is 0 Å². The first-order chi connectivity index (χ1) is 8.32. The fraction of sp³-hybridized carbons (Fsp3) is 0.778. The third kappa shape index (κ3) is 3.53. The largest absolute Gasteiger partial charge is 0.479 e. The van der Waals surface area contributed by atoms with Crippen molar-refractivity contribution < 1.29 is 30.0 Å². The average Bonchev–Trinajstić information content (AvgIpc) is 2.29. The molecule has 1 rings (SSSR count). The second-order valence-corrected chi connectivity index (χ2v) is 4.05. The minimum Gasteiger partial charge on any atom is -0.479 e. The second kappa shape index (κ2) is 5.96. The van der Waals surface area contributed by atoms with Crippen LogP contribution in [0, 0.1) is 0 Å². The highest BCUT2D eigenvalue weighted by Gasteiger charge is 2.42. The van der Waals surface area contributed by atoms with Gasteiger partial charge < -0.3 is 36.6 Å². The number of aliphatic hydroxyl groups excluding tert-OH is 3. The van der Waals surface area contributed by atoms with Crippen LogP contribution >= 0.6 is 0 Å². The molecule has 0 spiro atoms. The van der Waals surface area contributed by atoms with E-state index in [1.807, 2.05) is 0 Å². The van der Waals surface area contributed by atoms with Gasteiger partial charge in [0.15, 0.2) is 12.1 Å². The lowest BCUT2D eigenvalue weighted by atomic mass is 9.94. The zero-order valence-electron chi connectivity index (χ0n) is 9.51. The molecule has 9 nitrogen and oxygen atoms in total. The number of nitrogens with two attached hydrogens (primary N) is 2. The Bertz CT molecular complexity index is 332. The predicted molar refractivity (Wildman–Crippen MR) is 59.6 cm³/mol. The van der Waals surface area contributed by atoms with Crippen LogP contribution in [0.5, 0.6) is 0 Å². The molecule has 9 heteroatoms. The maximum atomic E-state index is 10.8. The van der Waals surface area contributed by atoms with Gasteiger partial charge in [0, 0.05) is 6.42 Å². The molecule has 0 unspecified atom stereocenters. The van der Waals surface area contributed by atoms with Gasteiger partial charge in [-0.25, -0.2) is 4.79 Å². The Hall–Kier alpha value is -1.42. The first kappa shape index (κ1) is 14.6. The lowest BCUT2D eigenvalue weighted by Crippen LogP contribution is -2.55. The molecule has 1 aliphatic heterocycles. The van der Waals surface area contributed by atoms with Crippen LogP contribution in [0.4, 0.5) is 0 Å². The normalized spacial score (nSPS) is 33.7. The summed E-state index contributed by atoms with van der Waals surface area (Å²) in [6, 6.07) is 0. The summed E-state index contributed by atoms with van der Waals surface area (Å²) in [5.74, 6) is -1.53. The van der Waals surface area contributed by atoms with E-state index in [0.717, 1.165) is 0 Å². The highest BCUT2D eigenvalue weighted by Crippen LogP contribution is 2.23. The van der Waals surface area contributed by atoms with E-state index in [2.05, 4.69) is 4.99 Å². The van der Waals surface area contributed by atoms with E-state index in [9.17, 15) is 20.1 Å². The molecule has 1 fully saturated rings. The van der Waals surface area contributed by atoms with Crippen molar-refractivity contribution in [2.24, 2.45) is 16.5 Å². The summed E-state index contributed by atoms with van der Waals surface area (Å²) in [5, 5.41) is 37.6. The monoisotopic (exact) mass is 263 g/mol. The molecule has 1 saturated heterocycles. The lowest BCUT2D eigenvalue weighted by molar-refractivity contribution is -0.207. The fourth-order valence-electron chi connectivity index (χ4n) is 1.68. The molecule has 1 heterocycles. The number of nitrogens with zero attached hydrogens (tertiary/aromatic N) is 1. The fourth-order valence-corrected chi connectivity index (χ4v) is 1.68. The van der Waals surface area contributed by atoms with E-state index >= 15 is 0 Å². The molecule has 0 aromatic carbocycles. The first-order valence-corrected chi connectivity index (χ1v) is 5.30. The van der Waals surface area contributed by atoms with Gasteiger partial charge in [-0.15, -0.1) is 0 Å². The molecule has 0 aliphatic carbocycles. The van der Waals surface area contributed by atoms with Crippen molar-refractivity contribution >= 4 is 11.9 Å². The molecule has 1 aliphatic rings. The van der Waals surface area contributed by atoms with Gasteiger partial charge in [0.25, 0.3) is 0 Å². The van der Waals surface area contributed by atoms with E-state index in [1.54, 1.807) is 0 Å². The SMILES string of the molecule is NC(N)=NC[C@@H](O)[C@H]1O[C@H](C(=O)O)C[C@@H](O)[C@H]1O. The number of ether oxygens (including phenoxy) is 1. The molecule has 0 saturated carbocycles. The molecule has 104 valence electrons. The van der Waals surface area contributed by atoms with E-state index in [1.165, 1.54) is 0 Å². The maximum absolute atomic E-state index is 10.8. The van der Waals surface area contributed by atoms with Crippen molar-refractivity contribution in [3.63, 3.8) is 0 Å². The number of rotatable bonds is 4. The van der Waals surface area contributed by atoms with Crippen LogP contribution in [-0.2, 0) is 9.53 Å². The van der Waals surface area contributed by atoms with E-state index < -0.39 is 36.5 Å². The highest BCUT2D eigenvalue weighted by atomic mass is 16.5. The van der Waals surface area contributed by atoms with Crippen LogP contribution in [0.15, 0.2) is 4.99 Å². The van der Waals surface area contributed by atoms with Crippen molar-refractivity contribution in [3.05, 3.63) is 0 Å². The minimum absolute atomic E-state index is 0.248. The van der Waals surface area contributed by atoms with Crippen LogP contribution in [0.25, 0.3) is 0 Å². The zero-order chi connectivity index (χ0) is 13.9. The minimum atomic E-state index is -1.40. The number of aliphatic imine (C=N–C) groups is 1. The second-order valence-electron chi connectivity index (χ2n) is 4.05. The Morgan fingerprint density at radius 3 is 2.56 bits per heavy atom. The molecule has 18 heavy (non-hydrogen) atoms. The topological polar surface area (TPSA) is 172 Å². The van der Waals surface area contributed by atoms with Gasteiger partial charge >= 0.3 is 5.97 Å². The molecular weight excluding hydrogens is 246 g/mol. The molecule has 8 N–H and O–H groups in total. The summed E-state index contributed by atoms with van der Waals surface area (Å²) in [6.07, 6.45) is -6.82. The van der Waals surface area contributed by atoms with E-state index in [4.69, 9.17) is 21.3 Å². The summed E-state index contributed by atoms with van der Waals surface area (Å²) < 4.78 is 5.01. The van der Waals surface area contributed by atoms with Gasteiger partial charge in [-0.05, 0) is 0 Å². The number of hydrogen-bond donors (Lipinski definition) is 6. The summed E-state index contributed by atoms with van der Waals surface area (Å²) in [7, 11) is 0. The van der Waals surface area contributed by atoms with Crippen LogP contribution in [0.2, 0.25) is 0 Å². The van der Waals surface area contributed by atoms with Gasteiger partial charge in [-0.2, -0.15) is 0 Å². The summed E-state index contributed by atoms with van der Waals surface area (Å²) >= 11 is 0. The first-order valence-electron chi connectivity index (χ1n) is 5.30. The highest BCUT2D eigenvalue weighted by molar-refractivity contribution is 5.75. The van der Waals surface area contributed by atoms with Crippen molar-refractivity contribution in [3.8, 4) is 0 Å². The molecule has 5 atom stereocenters. The quantitative estimate of drug-likeness (QED) is 0.225. The number of aliphatic carboxylic acids is 1.